The van der Waals surface area contributed by atoms with Crippen LogP contribution in [0.2, 0.25) is 0 Å². The maximum absolute atomic E-state index is 12.3. The van der Waals surface area contributed by atoms with Gasteiger partial charge in [0.1, 0.15) is 0 Å². The van der Waals surface area contributed by atoms with Crippen LogP contribution in [0.3, 0.4) is 0 Å². The number of hydrogen-bond donors (Lipinski definition) is 2. The largest absolute Gasteiger partial charge is 0.391 e. The van der Waals surface area contributed by atoms with Crippen LogP contribution >= 0.6 is 0 Å². The highest BCUT2D eigenvalue weighted by Crippen LogP contribution is 2.25. The highest BCUT2D eigenvalue weighted by molar-refractivity contribution is 7.89. The molecule has 0 spiro atoms. The molecule has 20 heavy (non-hydrogen) atoms. The molecule has 4 nitrogen and oxygen atoms in total. The predicted molar refractivity (Wildman–Crippen MR) is 79.1 cm³/mol. The topological polar surface area (TPSA) is 66.4 Å². The maximum Gasteiger partial charge on any atom is 0.240 e. The minimum atomic E-state index is -3.55. The Kier molecular flexibility index (Phi) is 4.23. The van der Waals surface area contributed by atoms with Crippen LogP contribution in [0.25, 0.3) is 0 Å². The van der Waals surface area contributed by atoms with E-state index in [4.69, 9.17) is 0 Å². The van der Waals surface area contributed by atoms with E-state index in [1.165, 1.54) is 0 Å². The van der Waals surface area contributed by atoms with E-state index in [1.54, 1.807) is 12.1 Å². The van der Waals surface area contributed by atoms with Crippen LogP contribution in [0.1, 0.15) is 45.6 Å². The van der Waals surface area contributed by atoms with E-state index < -0.39 is 16.1 Å². The lowest BCUT2D eigenvalue weighted by Gasteiger charge is -2.20. The Hall–Kier alpha value is -0.910. The predicted octanol–water partition coefficient (Wildman–Crippen LogP) is 2.18. The molecule has 1 aliphatic rings. The number of hydrogen-bond acceptors (Lipinski definition) is 3. The van der Waals surface area contributed by atoms with Gasteiger partial charge in [-0.15, -0.1) is 0 Å². The standard InChI is InChI=1S/C15H23NO3S/c1-15(2,3)11-7-9-12(10-8-11)20(18,19)16-13-5-4-6-14(13)17/h7-10,13-14,16-17H,4-6H2,1-3H3. The third-order valence-corrected chi connectivity index (χ3v) is 5.32. The van der Waals surface area contributed by atoms with E-state index in [0.29, 0.717) is 12.8 Å². The molecule has 1 fully saturated rings. The fraction of sp³-hybridized carbons (Fsp3) is 0.600. The Bertz CT molecular complexity index is 558. The highest BCUT2D eigenvalue weighted by atomic mass is 32.2. The molecule has 0 saturated heterocycles. The number of benzene rings is 1. The molecule has 2 unspecified atom stereocenters. The van der Waals surface area contributed by atoms with E-state index in [1.807, 2.05) is 12.1 Å². The summed E-state index contributed by atoms with van der Waals surface area (Å²) in [5, 5.41) is 9.72. The second kappa shape index (κ2) is 5.47. The smallest absolute Gasteiger partial charge is 0.240 e. The Morgan fingerprint density at radius 2 is 1.75 bits per heavy atom. The average Bonchev–Trinajstić information content (AvgIpc) is 2.73. The fourth-order valence-electron chi connectivity index (χ4n) is 2.48. The Labute approximate surface area is 121 Å². The van der Waals surface area contributed by atoms with Crippen molar-refractivity contribution in [1.82, 2.24) is 4.72 Å². The van der Waals surface area contributed by atoms with Gasteiger partial charge in [0, 0.05) is 6.04 Å². The molecular weight excluding hydrogens is 274 g/mol. The third-order valence-electron chi connectivity index (χ3n) is 3.82. The average molecular weight is 297 g/mol. The summed E-state index contributed by atoms with van der Waals surface area (Å²) in [6, 6.07) is 6.59. The van der Waals surface area contributed by atoms with Gasteiger partial charge in [0.05, 0.1) is 11.0 Å². The minimum absolute atomic E-state index is 0.00261. The van der Waals surface area contributed by atoms with E-state index in [2.05, 4.69) is 25.5 Å². The monoisotopic (exact) mass is 297 g/mol. The number of nitrogens with one attached hydrogen (secondary N) is 1. The van der Waals surface area contributed by atoms with Crippen molar-refractivity contribution in [3.05, 3.63) is 29.8 Å². The van der Waals surface area contributed by atoms with Crippen LogP contribution in [-0.2, 0) is 15.4 Å². The first-order chi connectivity index (χ1) is 9.20. The van der Waals surface area contributed by atoms with Crippen LogP contribution in [-0.4, -0.2) is 25.7 Å². The lowest BCUT2D eigenvalue weighted by molar-refractivity contribution is 0.159. The van der Waals surface area contributed by atoms with Crippen molar-refractivity contribution in [2.75, 3.05) is 0 Å². The SMILES string of the molecule is CC(C)(C)c1ccc(S(=O)(=O)NC2CCCC2O)cc1. The van der Waals surface area contributed by atoms with Gasteiger partial charge in [-0.05, 0) is 42.4 Å². The summed E-state index contributed by atoms with van der Waals surface area (Å²) < 4.78 is 27.1. The maximum atomic E-state index is 12.3. The summed E-state index contributed by atoms with van der Waals surface area (Å²) in [5.74, 6) is 0. The molecule has 0 aromatic heterocycles. The Morgan fingerprint density at radius 3 is 2.20 bits per heavy atom. The minimum Gasteiger partial charge on any atom is -0.391 e. The number of aliphatic hydroxyl groups excluding tert-OH is 1. The van der Waals surface area contributed by atoms with Gasteiger partial charge >= 0.3 is 0 Å². The van der Waals surface area contributed by atoms with E-state index in [0.717, 1.165) is 12.0 Å². The molecule has 1 aromatic carbocycles. The van der Waals surface area contributed by atoms with Crippen molar-refractivity contribution >= 4 is 10.0 Å². The molecular formula is C15H23NO3S. The summed E-state index contributed by atoms with van der Waals surface area (Å²) in [4.78, 5) is 0.254. The number of aliphatic hydroxyl groups is 1. The lowest BCUT2D eigenvalue weighted by atomic mass is 9.87. The van der Waals surface area contributed by atoms with Gasteiger partial charge < -0.3 is 5.11 Å². The van der Waals surface area contributed by atoms with Crippen molar-refractivity contribution in [1.29, 1.82) is 0 Å². The summed E-state index contributed by atoms with van der Waals surface area (Å²) in [7, 11) is -3.55. The zero-order chi connectivity index (χ0) is 15.0. The van der Waals surface area contributed by atoms with Crippen molar-refractivity contribution in [3.8, 4) is 0 Å². The van der Waals surface area contributed by atoms with E-state index >= 15 is 0 Å². The van der Waals surface area contributed by atoms with Gasteiger partial charge in [0.2, 0.25) is 10.0 Å². The first-order valence-corrected chi connectivity index (χ1v) is 8.49. The van der Waals surface area contributed by atoms with Crippen molar-refractivity contribution in [2.45, 2.75) is 62.5 Å². The Balaban J connectivity index is 2.17. The molecule has 0 aliphatic heterocycles. The first-order valence-electron chi connectivity index (χ1n) is 7.01. The molecule has 0 radical (unpaired) electrons. The fourth-order valence-corrected chi connectivity index (χ4v) is 3.78. The van der Waals surface area contributed by atoms with Gasteiger partial charge in [0.25, 0.3) is 0 Å². The second-order valence-electron chi connectivity index (χ2n) is 6.50. The van der Waals surface area contributed by atoms with E-state index in [-0.39, 0.29) is 16.4 Å². The van der Waals surface area contributed by atoms with Gasteiger partial charge in [-0.25, -0.2) is 13.1 Å². The van der Waals surface area contributed by atoms with Crippen LogP contribution in [0.15, 0.2) is 29.2 Å². The molecule has 112 valence electrons. The van der Waals surface area contributed by atoms with Crippen LogP contribution in [0, 0.1) is 0 Å². The van der Waals surface area contributed by atoms with Crippen molar-refractivity contribution in [3.63, 3.8) is 0 Å². The molecule has 5 heteroatoms. The molecule has 2 N–H and O–H groups in total. The van der Waals surface area contributed by atoms with Gasteiger partial charge in [-0.2, -0.15) is 0 Å². The van der Waals surface area contributed by atoms with E-state index in [9.17, 15) is 13.5 Å². The van der Waals surface area contributed by atoms with Gasteiger partial charge in [0.15, 0.2) is 0 Å². The molecule has 2 atom stereocenters. The summed E-state index contributed by atoms with van der Waals surface area (Å²) in [5.41, 5.74) is 1.09. The van der Waals surface area contributed by atoms with Crippen LogP contribution < -0.4 is 4.72 Å². The molecule has 2 rings (SSSR count). The molecule has 1 aromatic rings. The normalized spacial score (nSPS) is 24.0. The Morgan fingerprint density at radius 1 is 1.15 bits per heavy atom. The van der Waals surface area contributed by atoms with Crippen molar-refractivity contribution < 1.29 is 13.5 Å². The van der Waals surface area contributed by atoms with Gasteiger partial charge in [-0.3, -0.25) is 0 Å². The van der Waals surface area contributed by atoms with Crippen LogP contribution in [0.4, 0.5) is 0 Å². The molecule has 0 bridgehead atoms. The third kappa shape index (κ3) is 3.40. The van der Waals surface area contributed by atoms with Crippen molar-refractivity contribution in [2.24, 2.45) is 0 Å². The zero-order valence-corrected chi connectivity index (χ0v) is 13.1. The number of sulfonamides is 1. The second-order valence-corrected chi connectivity index (χ2v) is 8.21. The summed E-state index contributed by atoms with van der Waals surface area (Å²) >= 11 is 0. The van der Waals surface area contributed by atoms with Gasteiger partial charge in [-0.1, -0.05) is 32.9 Å². The lowest BCUT2D eigenvalue weighted by Crippen LogP contribution is -2.39. The molecule has 1 saturated carbocycles. The quantitative estimate of drug-likeness (QED) is 0.898. The first kappa shape index (κ1) is 15.5. The summed E-state index contributed by atoms with van der Waals surface area (Å²) in [6.07, 6.45) is 1.65. The highest BCUT2D eigenvalue weighted by Gasteiger charge is 2.29. The molecule has 0 amide bonds. The van der Waals surface area contributed by atoms with Crippen LogP contribution in [0.5, 0.6) is 0 Å². The molecule has 1 aliphatic carbocycles. The number of rotatable bonds is 3. The molecule has 0 heterocycles. The zero-order valence-electron chi connectivity index (χ0n) is 12.3. The summed E-state index contributed by atoms with van der Waals surface area (Å²) in [6.45, 7) is 6.26.